The molecule has 0 bridgehead atoms. The molecule has 6 heteroatoms. The number of rotatable bonds is 2. The van der Waals surface area contributed by atoms with Crippen LogP contribution in [0.25, 0.3) is 0 Å². The summed E-state index contributed by atoms with van der Waals surface area (Å²) in [4.78, 5) is 25.3. The maximum Gasteiger partial charge on any atom is 0.274 e. The molecule has 1 amide bonds. The van der Waals surface area contributed by atoms with E-state index in [0.29, 0.717) is 17.6 Å². The fourth-order valence-corrected chi connectivity index (χ4v) is 3.07. The molecule has 0 spiro atoms. The number of hydrogen-bond acceptors (Lipinski definition) is 5. The highest BCUT2D eigenvalue weighted by molar-refractivity contribution is 5.92. The van der Waals surface area contributed by atoms with E-state index in [1.165, 1.54) is 25.8 Å². The topological polar surface area (TPSA) is 61.4 Å². The molecule has 2 fully saturated rings. The van der Waals surface area contributed by atoms with Crippen LogP contribution in [0.2, 0.25) is 0 Å². The third-order valence-corrected chi connectivity index (χ3v) is 4.25. The Bertz CT molecular complexity index is 475. The summed E-state index contributed by atoms with van der Waals surface area (Å²) in [6, 6.07) is 0.533. The molecule has 2 aliphatic rings. The summed E-state index contributed by atoms with van der Waals surface area (Å²) in [5, 5.41) is 2.90. The Morgan fingerprint density at radius 3 is 2.90 bits per heavy atom. The second-order valence-corrected chi connectivity index (χ2v) is 5.47. The number of piperidine rings is 1. The van der Waals surface area contributed by atoms with Gasteiger partial charge in [-0.05, 0) is 19.4 Å². The van der Waals surface area contributed by atoms with Crippen LogP contribution >= 0.6 is 0 Å². The highest BCUT2D eigenvalue weighted by Crippen LogP contribution is 2.21. The molecule has 1 aromatic rings. The Balaban J connectivity index is 1.67. The summed E-state index contributed by atoms with van der Waals surface area (Å²) in [6.45, 7) is 3.79. The summed E-state index contributed by atoms with van der Waals surface area (Å²) in [5.41, 5.74) is 0.438. The van der Waals surface area contributed by atoms with Crippen molar-refractivity contribution in [2.45, 2.75) is 25.3 Å². The molecule has 1 atom stereocenters. The van der Waals surface area contributed by atoms with Crippen LogP contribution in [0.15, 0.2) is 12.4 Å². The molecule has 1 N–H and O–H groups in total. The van der Waals surface area contributed by atoms with Crippen LogP contribution in [-0.2, 0) is 0 Å². The zero-order valence-electron chi connectivity index (χ0n) is 11.9. The van der Waals surface area contributed by atoms with Crippen LogP contribution < -0.4 is 5.32 Å². The number of nitrogens with one attached hydrogen (secondary N) is 1. The van der Waals surface area contributed by atoms with E-state index < -0.39 is 0 Å². The van der Waals surface area contributed by atoms with Gasteiger partial charge in [-0.3, -0.25) is 9.69 Å². The molecule has 6 nitrogen and oxygen atoms in total. The molecular weight excluding hydrogens is 254 g/mol. The van der Waals surface area contributed by atoms with Crippen LogP contribution in [0.5, 0.6) is 0 Å². The molecular formula is C14H21N5O. The van der Waals surface area contributed by atoms with Crippen LogP contribution in [0.3, 0.4) is 0 Å². The van der Waals surface area contributed by atoms with E-state index in [2.05, 4.69) is 20.2 Å². The molecule has 0 aliphatic carbocycles. The van der Waals surface area contributed by atoms with Gasteiger partial charge in [0.1, 0.15) is 11.5 Å². The van der Waals surface area contributed by atoms with Crippen molar-refractivity contribution in [2.24, 2.45) is 0 Å². The number of amides is 1. The Hall–Kier alpha value is -1.69. The third kappa shape index (κ3) is 2.60. The van der Waals surface area contributed by atoms with Crippen LogP contribution in [0.1, 0.15) is 29.8 Å². The zero-order chi connectivity index (χ0) is 13.9. The number of anilines is 1. The lowest BCUT2D eigenvalue weighted by Crippen LogP contribution is -2.56. The first-order valence-electron chi connectivity index (χ1n) is 7.31. The van der Waals surface area contributed by atoms with Crippen molar-refractivity contribution in [3.63, 3.8) is 0 Å². The first-order valence-corrected chi connectivity index (χ1v) is 7.31. The summed E-state index contributed by atoms with van der Waals surface area (Å²) < 4.78 is 0. The average Bonchev–Trinajstić information content (AvgIpc) is 2.54. The molecule has 2 aliphatic heterocycles. The lowest BCUT2D eigenvalue weighted by Gasteiger charge is -2.43. The number of aromatic nitrogens is 2. The molecule has 1 aromatic heterocycles. The van der Waals surface area contributed by atoms with Crippen molar-refractivity contribution in [1.82, 2.24) is 19.8 Å². The first kappa shape index (κ1) is 13.3. The predicted molar refractivity (Wildman–Crippen MR) is 76.7 cm³/mol. The SMILES string of the molecule is CNc1cnc(C(=O)N2CCN3CCCCC3C2)cn1. The molecule has 20 heavy (non-hydrogen) atoms. The van der Waals surface area contributed by atoms with Crippen molar-refractivity contribution in [3.8, 4) is 0 Å². The normalized spacial score (nSPS) is 23.2. The Morgan fingerprint density at radius 1 is 1.25 bits per heavy atom. The molecule has 0 radical (unpaired) electrons. The highest BCUT2D eigenvalue weighted by atomic mass is 16.2. The first-order chi connectivity index (χ1) is 9.78. The number of carbonyl (C=O) groups excluding carboxylic acids is 1. The van der Waals surface area contributed by atoms with Crippen molar-refractivity contribution in [2.75, 3.05) is 38.5 Å². The highest BCUT2D eigenvalue weighted by Gasteiger charge is 2.31. The van der Waals surface area contributed by atoms with Gasteiger partial charge in [0.2, 0.25) is 0 Å². The van der Waals surface area contributed by atoms with E-state index in [0.717, 1.165) is 19.6 Å². The summed E-state index contributed by atoms with van der Waals surface area (Å²) in [6.07, 6.45) is 6.93. The molecule has 3 rings (SSSR count). The maximum atomic E-state index is 12.5. The minimum Gasteiger partial charge on any atom is -0.372 e. The quantitative estimate of drug-likeness (QED) is 0.866. The van der Waals surface area contributed by atoms with Gasteiger partial charge in [0, 0.05) is 32.7 Å². The van der Waals surface area contributed by atoms with Gasteiger partial charge >= 0.3 is 0 Å². The van der Waals surface area contributed by atoms with Gasteiger partial charge < -0.3 is 10.2 Å². The summed E-state index contributed by atoms with van der Waals surface area (Å²) in [7, 11) is 1.79. The van der Waals surface area contributed by atoms with E-state index in [1.54, 1.807) is 19.4 Å². The smallest absolute Gasteiger partial charge is 0.274 e. The van der Waals surface area contributed by atoms with E-state index in [-0.39, 0.29) is 5.91 Å². The Labute approximate surface area is 119 Å². The standard InChI is InChI=1S/C14H21N5O/c1-15-13-9-16-12(8-17-13)14(20)19-7-6-18-5-3-2-4-11(18)10-19/h8-9,11H,2-7,10H2,1H3,(H,15,17). The van der Waals surface area contributed by atoms with Crippen molar-refractivity contribution in [3.05, 3.63) is 18.1 Å². The van der Waals surface area contributed by atoms with Gasteiger partial charge in [-0.15, -0.1) is 0 Å². The second-order valence-electron chi connectivity index (χ2n) is 5.47. The summed E-state index contributed by atoms with van der Waals surface area (Å²) in [5.74, 6) is 0.684. The number of nitrogens with zero attached hydrogens (tertiary/aromatic N) is 4. The number of carbonyl (C=O) groups is 1. The van der Waals surface area contributed by atoms with Crippen LogP contribution in [-0.4, -0.2) is 64.9 Å². The largest absolute Gasteiger partial charge is 0.372 e. The van der Waals surface area contributed by atoms with E-state index in [9.17, 15) is 4.79 Å². The maximum absolute atomic E-state index is 12.5. The van der Waals surface area contributed by atoms with Crippen molar-refractivity contribution in [1.29, 1.82) is 0 Å². The lowest BCUT2D eigenvalue weighted by atomic mass is 9.99. The number of piperazine rings is 1. The van der Waals surface area contributed by atoms with E-state index in [1.807, 2.05) is 4.90 Å². The van der Waals surface area contributed by atoms with Crippen molar-refractivity contribution >= 4 is 11.7 Å². The van der Waals surface area contributed by atoms with Gasteiger partial charge in [0.05, 0.1) is 12.4 Å². The van der Waals surface area contributed by atoms with Gasteiger partial charge in [0.15, 0.2) is 0 Å². The average molecular weight is 275 g/mol. The van der Waals surface area contributed by atoms with Crippen LogP contribution in [0, 0.1) is 0 Å². The number of fused-ring (bicyclic) bond motifs is 1. The molecule has 2 saturated heterocycles. The van der Waals surface area contributed by atoms with E-state index in [4.69, 9.17) is 0 Å². The molecule has 1 unspecified atom stereocenters. The fourth-order valence-electron chi connectivity index (χ4n) is 3.07. The Kier molecular flexibility index (Phi) is 3.82. The predicted octanol–water partition coefficient (Wildman–Crippen LogP) is 0.829. The molecule has 3 heterocycles. The van der Waals surface area contributed by atoms with Gasteiger partial charge in [-0.25, -0.2) is 9.97 Å². The molecule has 108 valence electrons. The minimum atomic E-state index is 0.00498. The summed E-state index contributed by atoms with van der Waals surface area (Å²) >= 11 is 0. The monoisotopic (exact) mass is 275 g/mol. The van der Waals surface area contributed by atoms with Gasteiger partial charge in [0.25, 0.3) is 5.91 Å². The van der Waals surface area contributed by atoms with Gasteiger partial charge in [-0.1, -0.05) is 6.42 Å². The lowest BCUT2D eigenvalue weighted by molar-refractivity contribution is 0.0368. The second kappa shape index (κ2) is 5.75. The minimum absolute atomic E-state index is 0.00498. The van der Waals surface area contributed by atoms with E-state index >= 15 is 0 Å². The Morgan fingerprint density at radius 2 is 2.15 bits per heavy atom. The number of hydrogen-bond donors (Lipinski definition) is 1. The zero-order valence-corrected chi connectivity index (χ0v) is 11.9. The molecule has 0 aromatic carbocycles. The van der Waals surface area contributed by atoms with Gasteiger partial charge in [-0.2, -0.15) is 0 Å². The fraction of sp³-hybridized carbons (Fsp3) is 0.643. The molecule has 0 saturated carbocycles. The van der Waals surface area contributed by atoms with Crippen molar-refractivity contribution < 1.29 is 4.79 Å². The third-order valence-electron chi connectivity index (χ3n) is 4.25. The van der Waals surface area contributed by atoms with Crippen LogP contribution in [0.4, 0.5) is 5.82 Å².